The topological polar surface area (TPSA) is 100 Å². The smallest absolute Gasteiger partial charge is 0.313 e. The monoisotopic (exact) mass is 340 g/mol. The second-order valence-electron chi connectivity index (χ2n) is 5.67. The number of amides is 3. The third-order valence-electron chi connectivity index (χ3n) is 3.22. The highest BCUT2D eigenvalue weighted by Gasteiger charge is 2.18. The Morgan fingerprint density at radius 3 is 2.48 bits per heavy atom. The molecule has 7 nitrogen and oxygen atoms in total. The molecule has 3 N–H and O–H groups in total. The Labute approximate surface area is 145 Å². The molecule has 0 saturated heterocycles. The zero-order valence-corrected chi connectivity index (χ0v) is 14.1. The van der Waals surface area contributed by atoms with Crippen molar-refractivity contribution in [1.82, 2.24) is 15.6 Å². The maximum atomic E-state index is 12.2. The normalized spacial score (nSPS) is 10.2. The molecule has 0 spiro atoms. The first-order chi connectivity index (χ1) is 12.0. The molecular formula is C18H20N4O3. The van der Waals surface area contributed by atoms with Gasteiger partial charge < -0.3 is 16.0 Å². The van der Waals surface area contributed by atoms with E-state index < -0.39 is 11.8 Å². The predicted molar refractivity (Wildman–Crippen MR) is 93.8 cm³/mol. The van der Waals surface area contributed by atoms with Gasteiger partial charge in [0.2, 0.25) is 0 Å². The number of nitrogens with one attached hydrogen (secondary N) is 3. The SMILES string of the molecule is CC(C)NC(=O)c1ccccc1NC(=O)C(=O)NCc1cccnc1. The lowest BCUT2D eigenvalue weighted by Gasteiger charge is -2.13. The van der Waals surface area contributed by atoms with Gasteiger partial charge >= 0.3 is 11.8 Å². The molecule has 0 bridgehead atoms. The molecule has 3 amide bonds. The second kappa shape index (κ2) is 8.58. The van der Waals surface area contributed by atoms with Crippen LogP contribution in [-0.4, -0.2) is 28.7 Å². The van der Waals surface area contributed by atoms with Gasteiger partial charge in [-0.25, -0.2) is 0 Å². The molecule has 0 fully saturated rings. The average molecular weight is 340 g/mol. The highest BCUT2D eigenvalue weighted by atomic mass is 16.2. The molecular weight excluding hydrogens is 320 g/mol. The third kappa shape index (κ3) is 5.42. The number of anilines is 1. The summed E-state index contributed by atoms with van der Waals surface area (Å²) in [4.78, 5) is 40.1. The van der Waals surface area contributed by atoms with E-state index in [0.717, 1.165) is 5.56 Å². The Kier molecular flexibility index (Phi) is 6.22. The fraction of sp³-hybridized carbons (Fsp3) is 0.222. The molecule has 25 heavy (non-hydrogen) atoms. The van der Waals surface area contributed by atoms with Crippen LogP contribution < -0.4 is 16.0 Å². The summed E-state index contributed by atoms with van der Waals surface area (Å²) in [6.07, 6.45) is 3.22. The largest absolute Gasteiger partial charge is 0.350 e. The van der Waals surface area contributed by atoms with E-state index in [1.165, 1.54) is 0 Å². The van der Waals surface area contributed by atoms with Crippen LogP contribution in [0, 0.1) is 0 Å². The second-order valence-corrected chi connectivity index (χ2v) is 5.67. The molecule has 0 aliphatic heterocycles. The molecule has 0 radical (unpaired) electrons. The molecule has 0 aliphatic rings. The summed E-state index contributed by atoms with van der Waals surface area (Å²) >= 11 is 0. The van der Waals surface area contributed by atoms with Crippen LogP contribution in [0.3, 0.4) is 0 Å². The van der Waals surface area contributed by atoms with Crippen molar-refractivity contribution in [2.45, 2.75) is 26.4 Å². The average Bonchev–Trinajstić information content (AvgIpc) is 2.60. The minimum absolute atomic E-state index is 0.0426. The molecule has 0 aliphatic carbocycles. The van der Waals surface area contributed by atoms with Crippen molar-refractivity contribution in [3.05, 3.63) is 59.9 Å². The van der Waals surface area contributed by atoms with Crippen LogP contribution in [0.4, 0.5) is 5.69 Å². The van der Waals surface area contributed by atoms with Crippen LogP contribution in [0.5, 0.6) is 0 Å². The Balaban J connectivity index is 2.00. The number of hydrogen-bond acceptors (Lipinski definition) is 4. The van der Waals surface area contributed by atoms with E-state index >= 15 is 0 Å². The summed E-state index contributed by atoms with van der Waals surface area (Å²) in [7, 11) is 0. The first-order valence-electron chi connectivity index (χ1n) is 7.85. The molecule has 0 saturated carbocycles. The Hall–Kier alpha value is -3.22. The van der Waals surface area contributed by atoms with Gasteiger partial charge in [-0.15, -0.1) is 0 Å². The fourth-order valence-corrected chi connectivity index (χ4v) is 2.07. The zero-order valence-electron chi connectivity index (χ0n) is 14.1. The number of carbonyl (C=O) groups excluding carboxylic acids is 3. The lowest BCUT2D eigenvalue weighted by Crippen LogP contribution is -2.36. The quantitative estimate of drug-likeness (QED) is 0.718. The number of carbonyl (C=O) groups is 3. The van der Waals surface area contributed by atoms with E-state index in [2.05, 4.69) is 20.9 Å². The van der Waals surface area contributed by atoms with Crippen molar-refractivity contribution < 1.29 is 14.4 Å². The number of rotatable bonds is 5. The molecule has 2 aromatic rings. The van der Waals surface area contributed by atoms with Gasteiger partial charge in [0, 0.05) is 25.0 Å². The number of hydrogen-bond donors (Lipinski definition) is 3. The summed E-state index contributed by atoms with van der Waals surface area (Å²) in [5.41, 5.74) is 1.35. The summed E-state index contributed by atoms with van der Waals surface area (Å²) in [5, 5.41) is 7.73. The van der Waals surface area contributed by atoms with Gasteiger partial charge in [0.15, 0.2) is 0 Å². The first-order valence-corrected chi connectivity index (χ1v) is 7.85. The summed E-state index contributed by atoms with van der Waals surface area (Å²) < 4.78 is 0. The molecule has 0 atom stereocenters. The van der Waals surface area contributed by atoms with Crippen LogP contribution in [-0.2, 0) is 16.1 Å². The maximum absolute atomic E-state index is 12.2. The van der Waals surface area contributed by atoms with Crippen molar-refractivity contribution in [2.75, 3.05) is 5.32 Å². The van der Waals surface area contributed by atoms with E-state index in [4.69, 9.17) is 0 Å². The molecule has 130 valence electrons. The van der Waals surface area contributed by atoms with Crippen molar-refractivity contribution in [2.24, 2.45) is 0 Å². The van der Waals surface area contributed by atoms with E-state index in [9.17, 15) is 14.4 Å². The lowest BCUT2D eigenvalue weighted by atomic mass is 10.1. The number of pyridine rings is 1. The van der Waals surface area contributed by atoms with Crippen molar-refractivity contribution >= 4 is 23.4 Å². The van der Waals surface area contributed by atoms with E-state index in [1.807, 2.05) is 13.8 Å². The number of aromatic nitrogens is 1. The minimum atomic E-state index is -0.839. The molecule has 1 heterocycles. The van der Waals surface area contributed by atoms with Crippen LogP contribution >= 0.6 is 0 Å². The van der Waals surface area contributed by atoms with Crippen LogP contribution in [0.15, 0.2) is 48.8 Å². The highest BCUT2D eigenvalue weighted by Crippen LogP contribution is 2.15. The van der Waals surface area contributed by atoms with Gasteiger partial charge in [0.1, 0.15) is 0 Å². The molecule has 0 unspecified atom stereocenters. The van der Waals surface area contributed by atoms with E-state index in [1.54, 1.807) is 48.8 Å². The summed E-state index contributed by atoms with van der Waals surface area (Å²) in [5.74, 6) is -1.95. The Morgan fingerprint density at radius 1 is 1.04 bits per heavy atom. The van der Waals surface area contributed by atoms with Crippen LogP contribution in [0.25, 0.3) is 0 Å². The van der Waals surface area contributed by atoms with Gasteiger partial charge in [0.25, 0.3) is 5.91 Å². The van der Waals surface area contributed by atoms with E-state index in [-0.39, 0.29) is 24.2 Å². The maximum Gasteiger partial charge on any atom is 0.313 e. The van der Waals surface area contributed by atoms with Gasteiger partial charge in [-0.2, -0.15) is 0 Å². The van der Waals surface area contributed by atoms with Gasteiger partial charge in [-0.3, -0.25) is 19.4 Å². The summed E-state index contributed by atoms with van der Waals surface area (Å²) in [6, 6.07) is 10.0. The predicted octanol–water partition coefficient (Wildman–Crippen LogP) is 1.47. The number of nitrogens with zero attached hydrogens (tertiary/aromatic N) is 1. The van der Waals surface area contributed by atoms with Gasteiger partial charge in [-0.05, 0) is 37.6 Å². The van der Waals surface area contributed by atoms with Crippen LogP contribution in [0.1, 0.15) is 29.8 Å². The molecule has 1 aromatic carbocycles. The van der Waals surface area contributed by atoms with Crippen LogP contribution in [0.2, 0.25) is 0 Å². The standard InChI is InChI=1S/C18H20N4O3/c1-12(2)21-16(23)14-7-3-4-8-15(14)22-18(25)17(24)20-11-13-6-5-9-19-10-13/h3-10,12H,11H2,1-2H3,(H,20,24)(H,21,23)(H,22,25). The molecule has 7 heteroatoms. The highest BCUT2D eigenvalue weighted by molar-refractivity contribution is 6.40. The third-order valence-corrected chi connectivity index (χ3v) is 3.22. The van der Waals surface area contributed by atoms with Crippen molar-refractivity contribution in [3.8, 4) is 0 Å². The number of para-hydroxylation sites is 1. The van der Waals surface area contributed by atoms with Gasteiger partial charge in [-0.1, -0.05) is 18.2 Å². The Bertz CT molecular complexity index is 760. The number of benzene rings is 1. The van der Waals surface area contributed by atoms with E-state index in [0.29, 0.717) is 5.56 Å². The minimum Gasteiger partial charge on any atom is -0.350 e. The molecule has 1 aromatic heterocycles. The van der Waals surface area contributed by atoms with Crippen molar-refractivity contribution in [3.63, 3.8) is 0 Å². The fourth-order valence-electron chi connectivity index (χ4n) is 2.07. The molecule has 2 rings (SSSR count). The van der Waals surface area contributed by atoms with Crippen molar-refractivity contribution in [1.29, 1.82) is 0 Å². The van der Waals surface area contributed by atoms with Gasteiger partial charge in [0.05, 0.1) is 11.3 Å². The Morgan fingerprint density at radius 2 is 1.80 bits per heavy atom. The summed E-state index contributed by atoms with van der Waals surface area (Å²) in [6.45, 7) is 3.87. The zero-order chi connectivity index (χ0) is 18.2. The lowest BCUT2D eigenvalue weighted by molar-refractivity contribution is -0.136. The first kappa shape index (κ1) is 18.1.